The number of carbonyl (C=O) groups is 2. The third-order valence-electron chi connectivity index (χ3n) is 12.2. The first-order valence-corrected chi connectivity index (χ1v) is 25.4. The van der Waals surface area contributed by atoms with Crippen LogP contribution in [-0.2, 0) is 38.0 Å². The fourth-order valence-corrected chi connectivity index (χ4v) is 7.95. The summed E-state index contributed by atoms with van der Waals surface area (Å²) in [6, 6.07) is 0. The van der Waals surface area contributed by atoms with Gasteiger partial charge in [-0.25, -0.2) is 0 Å². The summed E-state index contributed by atoms with van der Waals surface area (Å²) < 4.78 is 33.5. The maximum absolute atomic E-state index is 13.0. The van der Waals surface area contributed by atoms with Crippen LogP contribution in [0.25, 0.3) is 0 Å². The third-order valence-corrected chi connectivity index (χ3v) is 12.2. The van der Waals surface area contributed by atoms with Crippen molar-refractivity contribution < 1.29 is 73.8 Å². The van der Waals surface area contributed by atoms with E-state index in [0.29, 0.717) is 12.8 Å². The summed E-state index contributed by atoms with van der Waals surface area (Å²) in [5, 5.41) is 72.0. The Kier molecular flexibility index (Phi) is 34.5. The van der Waals surface area contributed by atoms with Crippen molar-refractivity contribution in [2.45, 2.75) is 255 Å². The van der Waals surface area contributed by atoms with Gasteiger partial charge < -0.3 is 64.2 Å². The third kappa shape index (κ3) is 26.4. The average Bonchev–Trinajstić information content (AvgIpc) is 3.30. The second kappa shape index (κ2) is 37.9. The normalized spacial score (nSPS) is 26.5. The average molecular weight is 931 g/mol. The van der Waals surface area contributed by atoms with Crippen LogP contribution < -0.4 is 0 Å². The summed E-state index contributed by atoms with van der Waals surface area (Å²) in [6.07, 6.45) is 20.6. The number of aliphatic hydroxyl groups excluding tert-OH is 7. The molecule has 2 saturated heterocycles. The Morgan fingerprint density at radius 3 is 1.46 bits per heavy atom. The lowest BCUT2D eigenvalue weighted by atomic mass is 9.98. The molecule has 0 amide bonds. The number of hydrogen-bond acceptors (Lipinski definition) is 15. The lowest BCUT2D eigenvalue weighted by Gasteiger charge is -2.42. The van der Waals surface area contributed by atoms with Gasteiger partial charge in [0.25, 0.3) is 0 Å². The molecule has 0 radical (unpaired) electrons. The molecule has 0 bridgehead atoms. The first-order valence-electron chi connectivity index (χ1n) is 25.4. The molecule has 0 spiro atoms. The van der Waals surface area contributed by atoms with E-state index in [4.69, 9.17) is 28.4 Å². The van der Waals surface area contributed by atoms with Crippen LogP contribution in [0.5, 0.6) is 0 Å². The molecule has 11 atom stereocenters. The van der Waals surface area contributed by atoms with Crippen molar-refractivity contribution in [1.82, 2.24) is 0 Å². The van der Waals surface area contributed by atoms with Crippen molar-refractivity contribution in [3.63, 3.8) is 0 Å². The quantitative estimate of drug-likeness (QED) is 0.0192. The molecule has 0 aliphatic carbocycles. The van der Waals surface area contributed by atoms with Crippen LogP contribution in [0.1, 0.15) is 187 Å². The van der Waals surface area contributed by atoms with E-state index in [1.165, 1.54) is 83.5 Å². The SMILES string of the molecule is CCCCC/C=C\C/C=C\CCCCCCCC(=O)OC(COC(=O)CCCCCCCCCCCCCCCC)COC1OC(COC2OC(CO)C(O)C(O)C2O)C(O)C(O)C1O. The van der Waals surface area contributed by atoms with Crippen molar-refractivity contribution >= 4 is 11.9 Å². The highest BCUT2D eigenvalue weighted by molar-refractivity contribution is 5.70. The topological polar surface area (TPSA) is 231 Å². The highest BCUT2D eigenvalue weighted by Gasteiger charge is 2.47. The van der Waals surface area contributed by atoms with Crippen LogP contribution in [0, 0.1) is 0 Å². The van der Waals surface area contributed by atoms with Crippen LogP contribution in [-0.4, -0.2) is 142 Å². The summed E-state index contributed by atoms with van der Waals surface area (Å²) in [6.45, 7) is 2.55. The van der Waals surface area contributed by atoms with Gasteiger partial charge in [-0.1, -0.05) is 154 Å². The molecule has 65 heavy (non-hydrogen) atoms. The van der Waals surface area contributed by atoms with Crippen molar-refractivity contribution in [2.24, 2.45) is 0 Å². The molecule has 0 aromatic heterocycles. The molecule has 15 heteroatoms. The zero-order chi connectivity index (χ0) is 47.5. The van der Waals surface area contributed by atoms with Crippen LogP contribution >= 0.6 is 0 Å². The van der Waals surface area contributed by atoms with Gasteiger partial charge in [0.15, 0.2) is 18.7 Å². The molecule has 0 aromatic rings. The van der Waals surface area contributed by atoms with Gasteiger partial charge in [0.2, 0.25) is 0 Å². The van der Waals surface area contributed by atoms with E-state index < -0.39 is 92.7 Å². The second-order valence-corrected chi connectivity index (χ2v) is 18.0. The van der Waals surface area contributed by atoms with Gasteiger partial charge in [0.05, 0.1) is 19.8 Å². The van der Waals surface area contributed by atoms with Gasteiger partial charge in [0, 0.05) is 12.8 Å². The van der Waals surface area contributed by atoms with Crippen LogP contribution in [0.3, 0.4) is 0 Å². The molecule has 0 saturated carbocycles. The maximum atomic E-state index is 13.0. The van der Waals surface area contributed by atoms with E-state index in [1.54, 1.807) is 0 Å². The fraction of sp³-hybridized carbons (Fsp3) is 0.880. The molecule has 2 aliphatic rings. The fourth-order valence-electron chi connectivity index (χ4n) is 7.95. The number of aliphatic hydroxyl groups is 7. The van der Waals surface area contributed by atoms with Crippen molar-refractivity contribution in [3.8, 4) is 0 Å². The predicted octanol–water partition coefficient (Wildman–Crippen LogP) is 6.77. The van der Waals surface area contributed by atoms with Gasteiger partial charge in [-0.05, 0) is 44.9 Å². The Morgan fingerprint density at radius 1 is 0.492 bits per heavy atom. The van der Waals surface area contributed by atoms with E-state index in [0.717, 1.165) is 64.2 Å². The highest BCUT2D eigenvalue weighted by atomic mass is 16.7. The molecule has 2 fully saturated rings. The number of hydrogen-bond donors (Lipinski definition) is 7. The number of unbranched alkanes of at least 4 members (excludes halogenated alkanes) is 21. The Labute approximate surface area is 390 Å². The van der Waals surface area contributed by atoms with Crippen LogP contribution in [0.2, 0.25) is 0 Å². The number of rotatable bonds is 39. The molecule has 0 aromatic carbocycles. The number of carbonyl (C=O) groups excluding carboxylic acids is 2. The molecular formula is C50H90O15. The van der Waals surface area contributed by atoms with Crippen molar-refractivity contribution in [1.29, 1.82) is 0 Å². The van der Waals surface area contributed by atoms with Gasteiger partial charge >= 0.3 is 11.9 Å². The number of ether oxygens (including phenoxy) is 6. The standard InChI is InChI=1S/C50H90O15/c1-3-5-7-9-11-13-15-17-19-21-23-25-27-29-31-33-42(53)63-38(35-60-41(52)32-30-28-26-24-22-20-18-16-14-12-10-8-6-4-2)36-61-49-48(59)46(57)44(55)40(65-49)37-62-50-47(58)45(56)43(54)39(34-51)64-50/h11,13,17,19,38-40,43-51,54-59H,3-10,12,14-16,18,20-37H2,1-2H3/b13-11-,19-17-. The van der Waals surface area contributed by atoms with E-state index in [-0.39, 0.29) is 26.1 Å². The molecule has 2 rings (SSSR count). The minimum atomic E-state index is -1.76. The van der Waals surface area contributed by atoms with Gasteiger partial charge in [0.1, 0.15) is 55.4 Å². The maximum Gasteiger partial charge on any atom is 0.306 e. The lowest BCUT2D eigenvalue weighted by molar-refractivity contribution is -0.332. The monoisotopic (exact) mass is 931 g/mol. The largest absolute Gasteiger partial charge is 0.462 e. The summed E-state index contributed by atoms with van der Waals surface area (Å²) in [5.74, 6) is -0.935. The zero-order valence-electron chi connectivity index (χ0n) is 40.0. The Bertz CT molecular complexity index is 1230. The van der Waals surface area contributed by atoms with Crippen molar-refractivity contribution in [2.75, 3.05) is 26.4 Å². The van der Waals surface area contributed by atoms with Gasteiger partial charge in [-0.15, -0.1) is 0 Å². The minimum Gasteiger partial charge on any atom is -0.462 e. The van der Waals surface area contributed by atoms with Gasteiger partial charge in [-0.3, -0.25) is 9.59 Å². The first kappa shape index (κ1) is 59.1. The van der Waals surface area contributed by atoms with E-state index in [2.05, 4.69) is 38.2 Å². The Morgan fingerprint density at radius 2 is 0.923 bits per heavy atom. The molecular weight excluding hydrogens is 841 g/mol. The highest BCUT2D eigenvalue weighted by Crippen LogP contribution is 2.26. The molecule has 380 valence electrons. The van der Waals surface area contributed by atoms with E-state index in [9.17, 15) is 45.3 Å². The molecule has 2 aliphatic heterocycles. The van der Waals surface area contributed by atoms with E-state index in [1.807, 2.05) is 0 Å². The Balaban J connectivity index is 1.82. The summed E-state index contributed by atoms with van der Waals surface area (Å²) in [4.78, 5) is 25.7. The predicted molar refractivity (Wildman–Crippen MR) is 247 cm³/mol. The number of esters is 2. The van der Waals surface area contributed by atoms with E-state index >= 15 is 0 Å². The van der Waals surface area contributed by atoms with Gasteiger partial charge in [-0.2, -0.15) is 0 Å². The first-order chi connectivity index (χ1) is 31.5. The van der Waals surface area contributed by atoms with Crippen LogP contribution in [0.4, 0.5) is 0 Å². The molecule has 15 nitrogen and oxygen atoms in total. The zero-order valence-corrected chi connectivity index (χ0v) is 40.0. The van der Waals surface area contributed by atoms with Crippen molar-refractivity contribution in [3.05, 3.63) is 24.3 Å². The molecule has 2 heterocycles. The number of allylic oxidation sites excluding steroid dienone is 4. The molecule has 7 N–H and O–H groups in total. The Hall–Kier alpha value is -2.02. The smallest absolute Gasteiger partial charge is 0.306 e. The summed E-state index contributed by atoms with van der Waals surface area (Å²) >= 11 is 0. The second-order valence-electron chi connectivity index (χ2n) is 18.0. The molecule has 11 unspecified atom stereocenters. The van der Waals surface area contributed by atoms with Crippen LogP contribution in [0.15, 0.2) is 24.3 Å². The summed E-state index contributed by atoms with van der Waals surface area (Å²) in [7, 11) is 0. The lowest BCUT2D eigenvalue weighted by Crippen LogP contribution is -2.61. The minimum absolute atomic E-state index is 0.152. The summed E-state index contributed by atoms with van der Waals surface area (Å²) in [5.41, 5.74) is 0.